The number of hydrogen-bond acceptors (Lipinski definition) is 4. The van der Waals surface area contributed by atoms with Crippen molar-refractivity contribution in [3.63, 3.8) is 0 Å². The maximum absolute atomic E-state index is 4.40. The van der Waals surface area contributed by atoms with Gasteiger partial charge in [-0.05, 0) is 19.6 Å². The Morgan fingerprint density at radius 1 is 1.43 bits per heavy atom. The number of aromatic nitrogens is 4. The molecule has 4 nitrogen and oxygen atoms in total. The molecule has 74 valence electrons. The van der Waals surface area contributed by atoms with E-state index < -0.39 is 0 Å². The van der Waals surface area contributed by atoms with E-state index in [-0.39, 0.29) is 0 Å². The van der Waals surface area contributed by atoms with Gasteiger partial charge in [-0.2, -0.15) is 5.10 Å². The molecule has 0 bridgehead atoms. The van der Waals surface area contributed by atoms with Gasteiger partial charge in [0.15, 0.2) is 5.16 Å². The Morgan fingerprint density at radius 2 is 2.21 bits per heavy atom. The van der Waals surface area contributed by atoms with Crippen LogP contribution in [0.5, 0.6) is 0 Å². The first-order valence-corrected chi connectivity index (χ1v) is 5.52. The van der Waals surface area contributed by atoms with E-state index in [1.165, 1.54) is 0 Å². The van der Waals surface area contributed by atoms with Crippen LogP contribution in [0.4, 0.5) is 0 Å². The number of nitrogens with zero attached hydrogens (tertiary/aromatic N) is 4. The maximum Gasteiger partial charge on any atom is 0.195 e. The minimum Gasteiger partial charge on any atom is -0.272 e. The maximum atomic E-state index is 4.40. The highest BCUT2D eigenvalue weighted by Gasteiger charge is 2.09. The Bertz CT molecular complexity index is 463. The minimum atomic E-state index is 0.920. The van der Waals surface area contributed by atoms with E-state index in [0.717, 1.165) is 27.9 Å². The van der Waals surface area contributed by atoms with Gasteiger partial charge in [-0.25, -0.2) is 4.98 Å². The second-order valence-electron chi connectivity index (χ2n) is 3.03. The molecule has 0 radical (unpaired) electrons. The molecule has 2 rings (SSSR count). The first-order valence-electron chi connectivity index (χ1n) is 4.54. The lowest BCUT2D eigenvalue weighted by atomic mass is 10.4. The van der Waals surface area contributed by atoms with Crippen LogP contribution in [0.15, 0.2) is 11.4 Å². The Labute approximate surface area is 86.8 Å². The largest absolute Gasteiger partial charge is 0.272 e. The monoisotopic (exact) mass is 208 g/mol. The van der Waals surface area contributed by atoms with Crippen molar-refractivity contribution in [1.82, 2.24) is 19.6 Å². The van der Waals surface area contributed by atoms with Crippen LogP contribution in [0, 0.1) is 13.8 Å². The Hall–Kier alpha value is -1.10. The summed E-state index contributed by atoms with van der Waals surface area (Å²) >= 11 is 1.68. The van der Waals surface area contributed by atoms with Crippen molar-refractivity contribution in [1.29, 1.82) is 0 Å². The first-order chi connectivity index (χ1) is 6.74. The van der Waals surface area contributed by atoms with E-state index in [1.807, 2.05) is 13.8 Å². The van der Waals surface area contributed by atoms with Crippen LogP contribution in [-0.4, -0.2) is 25.3 Å². The molecule has 14 heavy (non-hydrogen) atoms. The normalized spacial score (nSPS) is 11.1. The van der Waals surface area contributed by atoms with Gasteiger partial charge in [0.2, 0.25) is 0 Å². The molecule has 0 saturated carbocycles. The van der Waals surface area contributed by atoms with Crippen LogP contribution in [0.2, 0.25) is 0 Å². The number of fused-ring (bicyclic) bond motifs is 1. The van der Waals surface area contributed by atoms with Crippen LogP contribution in [0.3, 0.4) is 0 Å². The number of aryl methyl sites for hydroxylation is 2. The molecule has 0 unspecified atom stereocenters. The van der Waals surface area contributed by atoms with E-state index in [9.17, 15) is 0 Å². The summed E-state index contributed by atoms with van der Waals surface area (Å²) in [6.07, 6.45) is 1.76. The molecule has 0 aromatic carbocycles. The van der Waals surface area contributed by atoms with E-state index >= 15 is 0 Å². The van der Waals surface area contributed by atoms with Gasteiger partial charge in [0.05, 0.1) is 17.4 Å². The molecule has 0 atom stereocenters. The summed E-state index contributed by atoms with van der Waals surface area (Å²) < 4.78 is 2.05. The predicted molar refractivity (Wildman–Crippen MR) is 56.7 cm³/mol. The molecular weight excluding hydrogens is 196 g/mol. The molecule has 2 aromatic heterocycles. The summed E-state index contributed by atoms with van der Waals surface area (Å²) in [6, 6.07) is 0. The fourth-order valence-corrected chi connectivity index (χ4v) is 2.20. The lowest BCUT2D eigenvalue weighted by molar-refractivity contribution is 0.786. The molecule has 2 heterocycles. The second kappa shape index (κ2) is 3.57. The summed E-state index contributed by atoms with van der Waals surface area (Å²) in [7, 11) is 0. The van der Waals surface area contributed by atoms with Crippen LogP contribution in [-0.2, 0) is 0 Å². The second-order valence-corrected chi connectivity index (χ2v) is 4.26. The summed E-state index contributed by atoms with van der Waals surface area (Å²) in [5, 5.41) is 9.00. The SMILES string of the molecule is CCSc1nncc2c(C)nc(C)n12. The summed E-state index contributed by atoms with van der Waals surface area (Å²) in [4.78, 5) is 4.40. The number of hydrogen-bond donors (Lipinski definition) is 0. The van der Waals surface area contributed by atoms with Gasteiger partial charge >= 0.3 is 0 Å². The molecule has 5 heteroatoms. The fraction of sp³-hybridized carbons (Fsp3) is 0.444. The van der Waals surface area contributed by atoms with Crippen molar-refractivity contribution in [2.24, 2.45) is 0 Å². The van der Waals surface area contributed by atoms with Gasteiger partial charge in [0, 0.05) is 0 Å². The van der Waals surface area contributed by atoms with Gasteiger partial charge in [0.25, 0.3) is 0 Å². The van der Waals surface area contributed by atoms with Crippen LogP contribution in [0.1, 0.15) is 18.4 Å². The molecule has 0 aliphatic heterocycles. The number of rotatable bonds is 2. The third-order valence-corrected chi connectivity index (χ3v) is 2.86. The minimum absolute atomic E-state index is 0.920. The molecule has 0 saturated heterocycles. The summed E-state index contributed by atoms with van der Waals surface area (Å²) in [6.45, 7) is 6.08. The number of thioether (sulfide) groups is 1. The molecule has 2 aromatic rings. The third kappa shape index (κ3) is 1.37. The smallest absolute Gasteiger partial charge is 0.195 e. The highest BCUT2D eigenvalue weighted by atomic mass is 32.2. The molecule has 0 N–H and O–H groups in total. The summed E-state index contributed by atoms with van der Waals surface area (Å²) in [5.74, 6) is 1.97. The predicted octanol–water partition coefficient (Wildman–Crippen LogP) is 1.85. The lowest BCUT2D eigenvalue weighted by Gasteiger charge is -2.02. The standard InChI is InChI=1S/C9H12N4S/c1-4-14-9-12-10-5-8-6(2)11-7(3)13(8)9/h5H,4H2,1-3H3. The average Bonchev–Trinajstić information content (AvgIpc) is 2.44. The van der Waals surface area contributed by atoms with E-state index in [4.69, 9.17) is 0 Å². The summed E-state index contributed by atoms with van der Waals surface area (Å²) in [5.41, 5.74) is 2.06. The van der Waals surface area contributed by atoms with Crippen molar-refractivity contribution >= 4 is 17.3 Å². The topological polar surface area (TPSA) is 43.1 Å². The van der Waals surface area contributed by atoms with Gasteiger partial charge < -0.3 is 0 Å². The van der Waals surface area contributed by atoms with Gasteiger partial charge in [-0.3, -0.25) is 4.40 Å². The number of imidazole rings is 1. The van der Waals surface area contributed by atoms with Crippen molar-refractivity contribution in [2.75, 3.05) is 5.75 Å². The zero-order valence-corrected chi connectivity index (χ0v) is 9.30. The van der Waals surface area contributed by atoms with Crippen molar-refractivity contribution in [3.05, 3.63) is 17.7 Å². The van der Waals surface area contributed by atoms with Crippen LogP contribution >= 0.6 is 11.8 Å². The van der Waals surface area contributed by atoms with Gasteiger partial charge in [-0.15, -0.1) is 5.10 Å². The lowest BCUT2D eigenvalue weighted by Crippen LogP contribution is -1.98. The molecule has 0 spiro atoms. The van der Waals surface area contributed by atoms with Crippen molar-refractivity contribution in [2.45, 2.75) is 25.9 Å². The molecule has 0 aliphatic carbocycles. The molecule has 0 amide bonds. The molecular formula is C9H12N4S. The van der Waals surface area contributed by atoms with Crippen molar-refractivity contribution < 1.29 is 0 Å². The molecule has 0 aliphatic rings. The highest BCUT2D eigenvalue weighted by molar-refractivity contribution is 7.99. The average molecular weight is 208 g/mol. The van der Waals surface area contributed by atoms with E-state index in [2.05, 4.69) is 26.5 Å². The third-order valence-electron chi connectivity index (χ3n) is 2.05. The van der Waals surface area contributed by atoms with Crippen molar-refractivity contribution in [3.8, 4) is 0 Å². The highest BCUT2D eigenvalue weighted by Crippen LogP contribution is 2.19. The van der Waals surface area contributed by atoms with Gasteiger partial charge in [0.1, 0.15) is 5.82 Å². The van der Waals surface area contributed by atoms with Crippen LogP contribution in [0.25, 0.3) is 5.52 Å². The Kier molecular flexibility index (Phi) is 2.41. The zero-order valence-electron chi connectivity index (χ0n) is 8.48. The fourth-order valence-electron chi connectivity index (χ4n) is 1.48. The molecule has 0 fully saturated rings. The van der Waals surface area contributed by atoms with Gasteiger partial charge in [-0.1, -0.05) is 18.7 Å². The Morgan fingerprint density at radius 3 is 2.93 bits per heavy atom. The zero-order chi connectivity index (χ0) is 10.1. The Balaban J connectivity index is 2.72. The first kappa shape index (κ1) is 9.45. The van der Waals surface area contributed by atoms with Crippen LogP contribution < -0.4 is 0 Å². The van der Waals surface area contributed by atoms with E-state index in [0.29, 0.717) is 0 Å². The quantitative estimate of drug-likeness (QED) is 0.706. The van der Waals surface area contributed by atoms with E-state index in [1.54, 1.807) is 18.0 Å².